The molecule has 82 valence electrons. The van der Waals surface area contributed by atoms with E-state index in [1.54, 1.807) is 30.0 Å². The minimum absolute atomic E-state index is 0.136. The Kier molecular flexibility index (Phi) is 4.30. The van der Waals surface area contributed by atoms with Gasteiger partial charge in [-0.1, -0.05) is 0 Å². The Morgan fingerprint density at radius 3 is 2.47 bits per heavy atom. The van der Waals surface area contributed by atoms with Gasteiger partial charge in [0.05, 0.1) is 0 Å². The monoisotopic (exact) mass is 225 g/mol. The predicted octanol–water partition coefficient (Wildman–Crippen LogP) is 0.944. The summed E-state index contributed by atoms with van der Waals surface area (Å²) >= 11 is 1.68. The molecule has 0 atom stereocenters. The highest BCUT2D eigenvalue weighted by molar-refractivity contribution is 7.98. The van der Waals surface area contributed by atoms with E-state index >= 15 is 0 Å². The van der Waals surface area contributed by atoms with Gasteiger partial charge < -0.3 is 16.8 Å². The lowest BCUT2D eigenvalue weighted by Crippen LogP contribution is -2.25. The van der Waals surface area contributed by atoms with Gasteiger partial charge in [0.25, 0.3) is 5.91 Å². The van der Waals surface area contributed by atoms with E-state index in [9.17, 15) is 4.79 Å². The summed E-state index contributed by atoms with van der Waals surface area (Å²) in [5, 5.41) is 2.78. The third-order valence-corrected chi connectivity index (χ3v) is 2.44. The molecule has 5 heteroatoms. The maximum Gasteiger partial charge on any atom is 0.251 e. The first kappa shape index (κ1) is 11.7. The number of amides is 1. The summed E-state index contributed by atoms with van der Waals surface area (Å²) in [6, 6.07) is 4.86. The van der Waals surface area contributed by atoms with E-state index in [0.717, 1.165) is 5.75 Å². The number of anilines is 2. The Hall–Kier alpha value is -1.36. The van der Waals surface area contributed by atoms with Crippen LogP contribution < -0.4 is 16.8 Å². The molecule has 0 heterocycles. The van der Waals surface area contributed by atoms with Crippen LogP contribution in [0.1, 0.15) is 10.4 Å². The molecule has 0 aromatic heterocycles. The third-order valence-electron chi connectivity index (χ3n) is 1.83. The van der Waals surface area contributed by atoms with Crippen LogP contribution in [-0.4, -0.2) is 24.5 Å². The number of hydrogen-bond acceptors (Lipinski definition) is 4. The van der Waals surface area contributed by atoms with E-state index in [-0.39, 0.29) is 5.91 Å². The first-order valence-electron chi connectivity index (χ1n) is 4.56. The van der Waals surface area contributed by atoms with Gasteiger partial charge in [0.15, 0.2) is 0 Å². The van der Waals surface area contributed by atoms with E-state index in [2.05, 4.69) is 5.32 Å². The lowest BCUT2D eigenvalue weighted by Gasteiger charge is -2.05. The molecule has 0 spiro atoms. The van der Waals surface area contributed by atoms with Crippen LogP contribution in [0.25, 0.3) is 0 Å². The average Bonchev–Trinajstić information content (AvgIpc) is 2.16. The van der Waals surface area contributed by atoms with Gasteiger partial charge >= 0.3 is 0 Å². The highest BCUT2D eigenvalue weighted by Crippen LogP contribution is 2.13. The summed E-state index contributed by atoms with van der Waals surface area (Å²) < 4.78 is 0. The Bertz CT molecular complexity index is 334. The number of carbonyl (C=O) groups is 1. The number of carbonyl (C=O) groups excluding carboxylic acids is 1. The van der Waals surface area contributed by atoms with Crippen molar-refractivity contribution in [2.45, 2.75) is 0 Å². The van der Waals surface area contributed by atoms with Crippen molar-refractivity contribution in [1.29, 1.82) is 0 Å². The number of nitrogen functional groups attached to an aromatic ring is 2. The number of nitrogens with two attached hydrogens (primary N) is 2. The summed E-state index contributed by atoms with van der Waals surface area (Å²) in [5.41, 5.74) is 12.7. The molecule has 1 rings (SSSR count). The molecule has 1 aromatic rings. The quantitative estimate of drug-likeness (QED) is 0.526. The van der Waals surface area contributed by atoms with Gasteiger partial charge in [-0.2, -0.15) is 11.8 Å². The summed E-state index contributed by atoms with van der Waals surface area (Å²) in [6.07, 6.45) is 1.99. The van der Waals surface area contributed by atoms with Gasteiger partial charge in [-0.15, -0.1) is 0 Å². The number of hydrogen-bond donors (Lipinski definition) is 3. The van der Waals surface area contributed by atoms with E-state index in [0.29, 0.717) is 23.5 Å². The van der Waals surface area contributed by atoms with Gasteiger partial charge in [-0.3, -0.25) is 4.79 Å². The minimum Gasteiger partial charge on any atom is -0.399 e. The molecule has 0 saturated heterocycles. The number of benzene rings is 1. The summed E-state index contributed by atoms with van der Waals surface area (Å²) in [5.74, 6) is 0.756. The Morgan fingerprint density at radius 1 is 1.33 bits per heavy atom. The van der Waals surface area contributed by atoms with Gasteiger partial charge in [0.2, 0.25) is 0 Å². The topological polar surface area (TPSA) is 81.1 Å². The van der Waals surface area contributed by atoms with E-state index in [1.807, 2.05) is 6.26 Å². The zero-order valence-electron chi connectivity index (χ0n) is 8.62. The molecule has 1 amide bonds. The van der Waals surface area contributed by atoms with Crippen LogP contribution in [0.2, 0.25) is 0 Å². The van der Waals surface area contributed by atoms with Crippen molar-refractivity contribution in [3.8, 4) is 0 Å². The maximum atomic E-state index is 11.6. The molecule has 1 aromatic carbocycles. The largest absolute Gasteiger partial charge is 0.399 e. The molecule has 4 nitrogen and oxygen atoms in total. The molecule has 0 fully saturated rings. The molecule has 0 aliphatic heterocycles. The Morgan fingerprint density at radius 2 is 1.93 bits per heavy atom. The van der Waals surface area contributed by atoms with Crippen molar-refractivity contribution < 1.29 is 4.79 Å². The summed E-state index contributed by atoms with van der Waals surface area (Å²) in [4.78, 5) is 11.6. The second-order valence-corrected chi connectivity index (χ2v) is 4.12. The highest BCUT2D eigenvalue weighted by atomic mass is 32.2. The Balaban J connectivity index is 2.65. The highest BCUT2D eigenvalue weighted by Gasteiger charge is 2.05. The van der Waals surface area contributed by atoms with E-state index < -0.39 is 0 Å². The van der Waals surface area contributed by atoms with Gasteiger partial charge in [0, 0.05) is 29.2 Å². The second-order valence-electron chi connectivity index (χ2n) is 3.14. The zero-order valence-corrected chi connectivity index (χ0v) is 9.43. The van der Waals surface area contributed by atoms with Gasteiger partial charge in [-0.05, 0) is 24.5 Å². The molecule has 15 heavy (non-hydrogen) atoms. The standard InChI is InChI=1S/C10H15N3OS/c1-15-3-2-13-10(14)7-4-8(11)6-9(12)5-7/h4-6H,2-3,11-12H2,1H3,(H,13,14). The summed E-state index contributed by atoms with van der Waals surface area (Å²) in [6.45, 7) is 0.648. The first-order chi connectivity index (χ1) is 7.13. The van der Waals surface area contributed by atoms with Crippen LogP contribution in [-0.2, 0) is 0 Å². The van der Waals surface area contributed by atoms with Gasteiger partial charge in [0.1, 0.15) is 0 Å². The fraction of sp³-hybridized carbons (Fsp3) is 0.300. The van der Waals surface area contributed by atoms with Gasteiger partial charge in [-0.25, -0.2) is 0 Å². The van der Waals surface area contributed by atoms with Crippen LogP contribution in [0.5, 0.6) is 0 Å². The average molecular weight is 225 g/mol. The summed E-state index contributed by atoms with van der Waals surface area (Å²) in [7, 11) is 0. The van der Waals surface area contributed by atoms with Crippen LogP contribution >= 0.6 is 11.8 Å². The van der Waals surface area contributed by atoms with Crippen molar-refractivity contribution >= 4 is 29.0 Å². The molecule has 0 bridgehead atoms. The fourth-order valence-electron chi connectivity index (χ4n) is 1.18. The molecule has 0 aliphatic carbocycles. The van der Waals surface area contributed by atoms with Crippen LogP contribution in [0, 0.1) is 0 Å². The number of nitrogens with one attached hydrogen (secondary N) is 1. The number of thioether (sulfide) groups is 1. The van der Waals surface area contributed by atoms with Crippen LogP contribution in [0.3, 0.4) is 0 Å². The third kappa shape index (κ3) is 3.71. The molecule has 5 N–H and O–H groups in total. The smallest absolute Gasteiger partial charge is 0.251 e. The molecule has 0 unspecified atom stereocenters. The SMILES string of the molecule is CSCCNC(=O)c1cc(N)cc(N)c1. The molecule has 0 saturated carbocycles. The van der Waals surface area contributed by atoms with Crippen molar-refractivity contribution in [1.82, 2.24) is 5.32 Å². The van der Waals surface area contributed by atoms with Crippen molar-refractivity contribution in [2.24, 2.45) is 0 Å². The fourth-order valence-corrected chi connectivity index (χ4v) is 1.48. The molecular weight excluding hydrogens is 210 g/mol. The second kappa shape index (κ2) is 5.50. The van der Waals surface area contributed by atoms with Crippen LogP contribution in [0.4, 0.5) is 11.4 Å². The molecule has 0 aliphatic rings. The van der Waals surface area contributed by atoms with Crippen molar-refractivity contribution in [2.75, 3.05) is 30.0 Å². The van der Waals surface area contributed by atoms with E-state index in [4.69, 9.17) is 11.5 Å². The Labute approximate surface area is 93.4 Å². The predicted molar refractivity (Wildman–Crippen MR) is 66.0 cm³/mol. The lowest BCUT2D eigenvalue weighted by molar-refractivity contribution is 0.0956. The van der Waals surface area contributed by atoms with Crippen molar-refractivity contribution in [3.05, 3.63) is 23.8 Å². The normalized spacial score (nSPS) is 9.93. The number of rotatable bonds is 4. The first-order valence-corrected chi connectivity index (χ1v) is 5.96. The lowest BCUT2D eigenvalue weighted by atomic mass is 10.1. The van der Waals surface area contributed by atoms with E-state index in [1.165, 1.54) is 0 Å². The maximum absolute atomic E-state index is 11.6. The van der Waals surface area contributed by atoms with Crippen LogP contribution in [0.15, 0.2) is 18.2 Å². The molecular formula is C10H15N3OS. The molecule has 0 radical (unpaired) electrons. The van der Waals surface area contributed by atoms with Crippen molar-refractivity contribution in [3.63, 3.8) is 0 Å². The zero-order chi connectivity index (χ0) is 11.3. The minimum atomic E-state index is -0.136.